The molecule has 0 aromatic rings. The topological polar surface area (TPSA) is 64.8 Å². The van der Waals surface area contributed by atoms with E-state index in [2.05, 4.69) is 0 Å². The fraction of sp³-hybridized carbons (Fsp3) is 0.944. The van der Waals surface area contributed by atoms with E-state index < -0.39 is 5.60 Å². The number of hydrogen-bond donors (Lipinski definition) is 1. The van der Waals surface area contributed by atoms with E-state index in [-0.39, 0.29) is 12.1 Å². The van der Waals surface area contributed by atoms with Crippen molar-refractivity contribution in [1.82, 2.24) is 4.90 Å². The first kappa shape index (κ1) is 18.5. The van der Waals surface area contributed by atoms with Crippen LogP contribution in [0.4, 0.5) is 4.79 Å². The fourth-order valence-electron chi connectivity index (χ4n) is 3.50. The molecule has 5 nitrogen and oxygen atoms in total. The lowest BCUT2D eigenvalue weighted by Crippen LogP contribution is -2.42. The highest BCUT2D eigenvalue weighted by Crippen LogP contribution is 2.27. The molecule has 5 heteroatoms. The zero-order chi connectivity index (χ0) is 16.9. The summed E-state index contributed by atoms with van der Waals surface area (Å²) in [5, 5.41) is 0. The molecular formula is C18H34N2O3. The number of carbonyl (C=O) groups is 1. The molecule has 0 spiro atoms. The van der Waals surface area contributed by atoms with Gasteiger partial charge in [-0.05, 0) is 58.3 Å². The molecule has 1 aliphatic heterocycles. The summed E-state index contributed by atoms with van der Waals surface area (Å²) in [6.45, 7) is 8.67. The monoisotopic (exact) mass is 326 g/mol. The van der Waals surface area contributed by atoms with Gasteiger partial charge in [-0.2, -0.15) is 0 Å². The molecule has 2 fully saturated rings. The molecular weight excluding hydrogens is 292 g/mol. The number of carbonyl (C=O) groups excluding carboxylic acids is 1. The molecule has 2 N–H and O–H groups in total. The molecule has 2 aliphatic rings. The van der Waals surface area contributed by atoms with Crippen LogP contribution in [-0.2, 0) is 9.47 Å². The summed E-state index contributed by atoms with van der Waals surface area (Å²) in [6, 6.07) is 0.194. The molecule has 23 heavy (non-hydrogen) atoms. The van der Waals surface area contributed by atoms with Crippen LogP contribution < -0.4 is 5.73 Å². The lowest BCUT2D eigenvalue weighted by molar-refractivity contribution is 0.0101. The van der Waals surface area contributed by atoms with Crippen molar-refractivity contribution in [3.63, 3.8) is 0 Å². The molecule has 1 atom stereocenters. The Morgan fingerprint density at radius 2 is 1.78 bits per heavy atom. The smallest absolute Gasteiger partial charge is 0.410 e. The van der Waals surface area contributed by atoms with Crippen LogP contribution >= 0.6 is 0 Å². The second-order valence-electron chi connectivity index (χ2n) is 8.16. The first-order valence-corrected chi connectivity index (χ1v) is 9.16. The number of ether oxygens (including phenoxy) is 2. The SMILES string of the molecule is CC(C)(C)OC(=O)N1CCC(COCC(N)C2CCCC2)CC1. The Balaban J connectivity index is 1.60. The standard InChI is InChI=1S/C18H34N2O3/c1-18(2,3)23-17(21)20-10-8-14(9-11-20)12-22-13-16(19)15-6-4-5-7-15/h14-16H,4-13,19H2,1-3H3. The van der Waals surface area contributed by atoms with E-state index in [0.717, 1.165) is 32.5 Å². The summed E-state index contributed by atoms with van der Waals surface area (Å²) in [5.41, 5.74) is 5.80. The Labute approximate surface area is 140 Å². The maximum absolute atomic E-state index is 12.0. The van der Waals surface area contributed by atoms with E-state index in [1.165, 1.54) is 25.7 Å². The zero-order valence-electron chi connectivity index (χ0n) is 15.1. The highest BCUT2D eigenvalue weighted by molar-refractivity contribution is 5.68. The van der Waals surface area contributed by atoms with Gasteiger partial charge in [0.15, 0.2) is 0 Å². The molecule has 0 radical (unpaired) electrons. The molecule has 0 bridgehead atoms. The summed E-state index contributed by atoms with van der Waals surface area (Å²) >= 11 is 0. The molecule has 1 aliphatic carbocycles. The average Bonchev–Trinajstić information content (AvgIpc) is 3.00. The normalized spacial score (nSPS) is 22.3. The molecule has 1 saturated carbocycles. The van der Waals surface area contributed by atoms with Crippen LogP contribution in [0.5, 0.6) is 0 Å². The Morgan fingerprint density at radius 3 is 2.35 bits per heavy atom. The highest BCUT2D eigenvalue weighted by Gasteiger charge is 2.27. The van der Waals surface area contributed by atoms with Gasteiger partial charge in [-0.25, -0.2) is 4.79 Å². The predicted molar refractivity (Wildman–Crippen MR) is 91.3 cm³/mol. The van der Waals surface area contributed by atoms with Crippen molar-refractivity contribution >= 4 is 6.09 Å². The van der Waals surface area contributed by atoms with E-state index in [9.17, 15) is 4.79 Å². The van der Waals surface area contributed by atoms with Crippen molar-refractivity contribution < 1.29 is 14.3 Å². The number of nitrogens with zero attached hydrogens (tertiary/aromatic N) is 1. The third-order valence-electron chi connectivity index (χ3n) is 4.94. The van der Waals surface area contributed by atoms with Gasteiger partial charge in [-0.15, -0.1) is 0 Å². The number of hydrogen-bond acceptors (Lipinski definition) is 4. The molecule has 0 aromatic carbocycles. The number of nitrogens with two attached hydrogens (primary N) is 1. The summed E-state index contributed by atoms with van der Waals surface area (Å²) < 4.78 is 11.3. The highest BCUT2D eigenvalue weighted by atomic mass is 16.6. The van der Waals surface area contributed by atoms with Crippen molar-refractivity contribution in [2.75, 3.05) is 26.3 Å². The van der Waals surface area contributed by atoms with E-state index in [0.29, 0.717) is 18.4 Å². The largest absolute Gasteiger partial charge is 0.444 e. The van der Waals surface area contributed by atoms with Gasteiger partial charge in [-0.1, -0.05) is 12.8 Å². The summed E-state index contributed by atoms with van der Waals surface area (Å²) in [4.78, 5) is 13.8. The third kappa shape index (κ3) is 6.30. The van der Waals surface area contributed by atoms with Gasteiger partial charge in [0.1, 0.15) is 5.60 Å². The molecule has 134 valence electrons. The second kappa shape index (κ2) is 8.34. The lowest BCUT2D eigenvalue weighted by atomic mass is 9.97. The summed E-state index contributed by atoms with van der Waals surface area (Å²) in [5.74, 6) is 1.19. The van der Waals surface area contributed by atoms with Crippen LogP contribution in [-0.4, -0.2) is 48.9 Å². The molecule has 1 unspecified atom stereocenters. The molecule has 1 amide bonds. The summed E-state index contributed by atoms with van der Waals surface area (Å²) in [7, 11) is 0. The van der Waals surface area contributed by atoms with Gasteiger partial charge >= 0.3 is 6.09 Å². The number of amides is 1. The van der Waals surface area contributed by atoms with Gasteiger partial charge < -0.3 is 20.1 Å². The summed E-state index contributed by atoms with van der Waals surface area (Å²) in [6.07, 6.45) is 6.94. The Kier molecular flexibility index (Phi) is 6.72. The Morgan fingerprint density at radius 1 is 1.17 bits per heavy atom. The Bertz CT molecular complexity index is 367. The van der Waals surface area contributed by atoms with Crippen molar-refractivity contribution in [3.05, 3.63) is 0 Å². The minimum Gasteiger partial charge on any atom is -0.444 e. The second-order valence-corrected chi connectivity index (χ2v) is 8.16. The van der Waals surface area contributed by atoms with E-state index in [1.807, 2.05) is 25.7 Å². The Hall–Kier alpha value is -0.810. The molecule has 0 aromatic heterocycles. The van der Waals surface area contributed by atoms with Gasteiger partial charge in [-0.3, -0.25) is 0 Å². The van der Waals surface area contributed by atoms with Crippen LogP contribution in [0.3, 0.4) is 0 Å². The quantitative estimate of drug-likeness (QED) is 0.843. The van der Waals surface area contributed by atoms with Crippen molar-refractivity contribution in [2.45, 2.75) is 70.9 Å². The first-order valence-electron chi connectivity index (χ1n) is 9.16. The van der Waals surface area contributed by atoms with Gasteiger partial charge in [0.25, 0.3) is 0 Å². The minimum atomic E-state index is -0.423. The van der Waals surface area contributed by atoms with Crippen molar-refractivity contribution in [2.24, 2.45) is 17.6 Å². The molecule has 1 heterocycles. The minimum absolute atomic E-state index is 0.194. The van der Waals surface area contributed by atoms with E-state index in [1.54, 1.807) is 0 Å². The van der Waals surface area contributed by atoms with Crippen LogP contribution in [0.1, 0.15) is 59.3 Å². The fourth-order valence-corrected chi connectivity index (χ4v) is 3.50. The van der Waals surface area contributed by atoms with Gasteiger partial charge in [0.05, 0.1) is 6.61 Å². The zero-order valence-corrected chi connectivity index (χ0v) is 15.1. The van der Waals surface area contributed by atoms with Crippen LogP contribution in [0.2, 0.25) is 0 Å². The number of likely N-dealkylation sites (tertiary alicyclic amines) is 1. The maximum Gasteiger partial charge on any atom is 0.410 e. The molecule has 1 saturated heterocycles. The van der Waals surface area contributed by atoms with Crippen molar-refractivity contribution in [3.8, 4) is 0 Å². The number of rotatable bonds is 5. The number of piperidine rings is 1. The van der Waals surface area contributed by atoms with E-state index in [4.69, 9.17) is 15.2 Å². The van der Waals surface area contributed by atoms with Crippen molar-refractivity contribution in [1.29, 1.82) is 0 Å². The van der Waals surface area contributed by atoms with Crippen LogP contribution in [0.25, 0.3) is 0 Å². The van der Waals surface area contributed by atoms with Crippen LogP contribution in [0.15, 0.2) is 0 Å². The molecule has 2 rings (SSSR count). The third-order valence-corrected chi connectivity index (χ3v) is 4.94. The average molecular weight is 326 g/mol. The van der Waals surface area contributed by atoms with Gasteiger partial charge in [0, 0.05) is 25.7 Å². The first-order chi connectivity index (χ1) is 10.8. The van der Waals surface area contributed by atoms with Crippen LogP contribution in [0, 0.1) is 11.8 Å². The predicted octanol–water partition coefficient (Wildman–Crippen LogP) is 3.17. The lowest BCUT2D eigenvalue weighted by Gasteiger charge is -2.33. The maximum atomic E-state index is 12.0. The van der Waals surface area contributed by atoms with Gasteiger partial charge in [0.2, 0.25) is 0 Å². The van der Waals surface area contributed by atoms with E-state index >= 15 is 0 Å².